The van der Waals surface area contributed by atoms with Crippen molar-refractivity contribution in [1.29, 1.82) is 0 Å². The number of carbonyl (C=O) groups is 1. The molecule has 3 aromatic carbocycles. The average molecular weight is 461 g/mol. The van der Waals surface area contributed by atoms with Gasteiger partial charge in [-0.3, -0.25) is 9.52 Å². The molecule has 7 nitrogen and oxygen atoms in total. The monoisotopic (exact) mass is 460 g/mol. The molecule has 3 rings (SSSR count). The Kier molecular flexibility index (Phi) is 6.72. The molecule has 31 heavy (non-hydrogen) atoms. The van der Waals surface area contributed by atoms with Crippen LogP contribution < -0.4 is 19.5 Å². The van der Waals surface area contributed by atoms with Gasteiger partial charge in [-0.05, 0) is 48.9 Å². The number of methoxy groups -OCH3 is 2. The van der Waals surface area contributed by atoms with Crippen LogP contribution in [0.15, 0.2) is 65.6 Å². The smallest absolute Gasteiger partial charge is 0.263 e. The molecule has 0 aliphatic rings. The van der Waals surface area contributed by atoms with Gasteiger partial charge in [-0.15, -0.1) is 0 Å². The molecular formula is C22H21ClN2O5S. The lowest BCUT2D eigenvalue weighted by molar-refractivity contribution is 0.102. The Balaban J connectivity index is 1.90. The van der Waals surface area contributed by atoms with Crippen LogP contribution in [0.25, 0.3) is 0 Å². The second-order valence-corrected chi connectivity index (χ2v) is 8.64. The van der Waals surface area contributed by atoms with E-state index in [1.807, 2.05) is 0 Å². The first-order valence-corrected chi connectivity index (χ1v) is 11.0. The standard InChI is InChI=1S/C22H21ClN2O5S/c1-14-6-4-5-7-18(14)25-31(27,28)21-12-15(8-10-17(21)23)22(26)24-19-11-9-16(29-2)13-20(19)30-3/h4-13,25H,1-3H3,(H,24,26). The predicted molar refractivity (Wildman–Crippen MR) is 121 cm³/mol. The van der Waals surface area contributed by atoms with Crippen molar-refractivity contribution in [2.75, 3.05) is 24.3 Å². The van der Waals surface area contributed by atoms with Crippen molar-refractivity contribution in [3.63, 3.8) is 0 Å². The van der Waals surface area contributed by atoms with Crippen LogP contribution in [-0.2, 0) is 10.0 Å². The molecule has 0 fully saturated rings. The summed E-state index contributed by atoms with van der Waals surface area (Å²) in [5.74, 6) is 0.445. The van der Waals surface area contributed by atoms with Crippen LogP contribution in [0.4, 0.5) is 11.4 Å². The van der Waals surface area contributed by atoms with Gasteiger partial charge in [0.2, 0.25) is 0 Å². The van der Waals surface area contributed by atoms with E-state index in [4.69, 9.17) is 21.1 Å². The van der Waals surface area contributed by atoms with Crippen molar-refractivity contribution in [3.8, 4) is 11.5 Å². The SMILES string of the molecule is COc1ccc(NC(=O)c2ccc(Cl)c(S(=O)(=O)Nc3ccccc3C)c2)c(OC)c1. The first kappa shape index (κ1) is 22.5. The molecule has 9 heteroatoms. The Morgan fingerprint density at radius 3 is 2.35 bits per heavy atom. The van der Waals surface area contributed by atoms with Gasteiger partial charge >= 0.3 is 0 Å². The number of ether oxygens (including phenoxy) is 2. The van der Waals surface area contributed by atoms with Gasteiger partial charge < -0.3 is 14.8 Å². The number of halogens is 1. The first-order chi connectivity index (χ1) is 14.7. The highest BCUT2D eigenvalue weighted by Crippen LogP contribution is 2.30. The minimum absolute atomic E-state index is 0.000313. The summed E-state index contributed by atoms with van der Waals surface area (Å²) < 4.78 is 38.8. The molecule has 0 aliphatic carbocycles. The summed E-state index contributed by atoms with van der Waals surface area (Å²) >= 11 is 6.15. The summed E-state index contributed by atoms with van der Waals surface area (Å²) in [6, 6.07) is 15.9. The van der Waals surface area contributed by atoms with E-state index in [2.05, 4.69) is 10.0 Å². The third-order valence-electron chi connectivity index (χ3n) is 4.53. The molecule has 162 valence electrons. The zero-order valence-electron chi connectivity index (χ0n) is 17.1. The highest BCUT2D eigenvalue weighted by molar-refractivity contribution is 7.92. The molecule has 0 radical (unpaired) electrons. The summed E-state index contributed by atoms with van der Waals surface area (Å²) in [4.78, 5) is 12.6. The summed E-state index contributed by atoms with van der Waals surface area (Å²) in [5, 5.41) is 2.71. The van der Waals surface area contributed by atoms with E-state index in [0.29, 0.717) is 22.9 Å². The van der Waals surface area contributed by atoms with E-state index in [1.54, 1.807) is 49.4 Å². The van der Waals surface area contributed by atoms with E-state index in [1.165, 1.54) is 32.4 Å². The number of carbonyl (C=O) groups excluding carboxylic acids is 1. The van der Waals surface area contributed by atoms with Gasteiger partial charge in [0.15, 0.2) is 0 Å². The molecule has 1 amide bonds. The van der Waals surface area contributed by atoms with Gasteiger partial charge in [0.05, 0.1) is 30.6 Å². The molecule has 2 N–H and O–H groups in total. The average Bonchev–Trinajstić information content (AvgIpc) is 2.75. The molecule has 0 aliphatic heterocycles. The first-order valence-electron chi connectivity index (χ1n) is 9.16. The number of anilines is 2. The molecule has 3 aromatic rings. The minimum atomic E-state index is -4.02. The lowest BCUT2D eigenvalue weighted by atomic mass is 10.2. The molecular weight excluding hydrogens is 440 g/mol. The number of amides is 1. The fourth-order valence-corrected chi connectivity index (χ4v) is 4.49. The second-order valence-electron chi connectivity index (χ2n) is 6.59. The maximum Gasteiger partial charge on any atom is 0.263 e. The lowest BCUT2D eigenvalue weighted by Gasteiger charge is -2.14. The lowest BCUT2D eigenvalue weighted by Crippen LogP contribution is -2.17. The van der Waals surface area contributed by atoms with Crippen LogP contribution in [0.5, 0.6) is 11.5 Å². The van der Waals surface area contributed by atoms with Crippen molar-refractivity contribution in [1.82, 2.24) is 0 Å². The maximum atomic E-state index is 12.9. The topological polar surface area (TPSA) is 93.7 Å². The van der Waals surface area contributed by atoms with Crippen molar-refractivity contribution in [3.05, 3.63) is 76.8 Å². The van der Waals surface area contributed by atoms with E-state index in [0.717, 1.165) is 5.56 Å². The zero-order chi connectivity index (χ0) is 22.6. The summed E-state index contributed by atoms with van der Waals surface area (Å²) in [6.07, 6.45) is 0. The molecule has 0 unspecified atom stereocenters. The van der Waals surface area contributed by atoms with E-state index in [9.17, 15) is 13.2 Å². The van der Waals surface area contributed by atoms with Crippen molar-refractivity contribution in [2.24, 2.45) is 0 Å². The molecule has 0 bridgehead atoms. The van der Waals surface area contributed by atoms with E-state index in [-0.39, 0.29) is 15.5 Å². The second kappa shape index (κ2) is 9.28. The highest BCUT2D eigenvalue weighted by Gasteiger charge is 2.21. The van der Waals surface area contributed by atoms with Crippen LogP contribution in [0, 0.1) is 6.92 Å². The van der Waals surface area contributed by atoms with Gasteiger partial charge in [0.1, 0.15) is 16.4 Å². The van der Waals surface area contributed by atoms with E-state index < -0.39 is 15.9 Å². The van der Waals surface area contributed by atoms with Gasteiger partial charge in [0, 0.05) is 11.6 Å². The Bertz CT molecular complexity index is 1230. The number of aryl methyl sites for hydroxylation is 1. The largest absolute Gasteiger partial charge is 0.497 e. The van der Waals surface area contributed by atoms with Crippen LogP contribution in [0.2, 0.25) is 5.02 Å². The number of para-hydroxylation sites is 1. The Morgan fingerprint density at radius 2 is 1.68 bits per heavy atom. The fourth-order valence-electron chi connectivity index (χ4n) is 2.83. The molecule has 0 heterocycles. The van der Waals surface area contributed by atoms with Crippen molar-refractivity contribution in [2.45, 2.75) is 11.8 Å². The summed E-state index contributed by atoms with van der Waals surface area (Å²) in [5.41, 5.74) is 1.71. The number of hydrogen-bond donors (Lipinski definition) is 2. The maximum absolute atomic E-state index is 12.9. The molecule has 0 saturated heterocycles. The highest BCUT2D eigenvalue weighted by atomic mass is 35.5. The van der Waals surface area contributed by atoms with Crippen LogP contribution in [0.3, 0.4) is 0 Å². The van der Waals surface area contributed by atoms with E-state index >= 15 is 0 Å². The van der Waals surface area contributed by atoms with Crippen molar-refractivity contribution < 1.29 is 22.7 Å². The zero-order valence-corrected chi connectivity index (χ0v) is 18.7. The molecule has 0 aromatic heterocycles. The summed E-state index contributed by atoms with van der Waals surface area (Å²) in [6.45, 7) is 1.78. The van der Waals surface area contributed by atoms with Gasteiger partial charge in [-0.2, -0.15) is 0 Å². The number of sulfonamides is 1. The Labute approximate surface area is 186 Å². The van der Waals surface area contributed by atoms with Gasteiger partial charge in [0.25, 0.3) is 15.9 Å². The normalized spacial score (nSPS) is 11.0. The van der Waals surface area contributed by atoms with Crippen LogP contribution in [-0.4, -0.2) is 28.5 Å². The van der Waals surface area contributed by atoms with Crippen LogP contribution >= 0.6 is 11.6 Å². The number of nitrogens with one attached hydrogen (secondary N) is 2. The minimum Gasteiger partial charge on any atom is -0.497 e. The third-order valence-corrected chi connectivity index (χ3v) is 6.38. The number of benzene rings is 3. The number of rotatable bonds is 7. The number of hydrogen-bond acceptors (Lipinski definition) is 5. The predicted octanol–water partition coefficient (Wildman–Crippen LogP) is 4.72. The Morgan fingerprint density at radius 1 is 0.935 bits per heavy atom. The molecule has 0 spiro atoms. The summed E-state index contributed by atoms with van der Waals surface area (Å²) in [7, 11) is -1.03. The fraction of sp³-hybridized carbons (Fsp3) is 0.136. The quantitative estimate of drug-likeness (QED) is 0.532. The third kappa shape index (κ3) is 5.10. The van der Waals surface area contributed by atoms with Gasteiger partial charge in [-0.25, -0.2) is 8.42 Å². The van der Waals surface area contributed by atoms with Gasteiger partial charge in [-0.1, -0.05) is 29.8 Å². The van der Waals surface area contributed by atoms with Crippen LogP contribution in [0.1, 0.15) is 15.9 Å². The molecule has 0 saturated carbocycles. The van der Waals surface area contributed by atoms with Crippen molar-refractivity contribution >= 4 is 38.9 Å². The Hall–Kier alpha value is -3.23. The molecule has 0 atom stereocenters.